The van der Waals surface area contributed by atoms with Crippen LogP contribution in [0.25, 0.3) is 0 Å². The summed E-state index contributed by atoms with van der Waals surface area (Å²) in [5, 5.41) is 4.89. The Kier molecular flexibility index (Phi) is 6.59. The van der Waals surface area contributed by atoms with E-state index in [9.17, 15) is 4.79 Å². The lowest BCUT2D eigenvalue weighted by Crippen LogP contribution is -2.34. The molecule has 0 saturated heterocycles. The molecular weight excluding hydrogens is 336 g/mol. The summed E-state index contributed by atoms with van der Waals surface area (Å²) in [4.78, 5) is 12.3. The molecule has 132 valence electrons. The first-order chi connectivity index (χ1) is 11.9. The van der Waals surface area contributed by atoms with Crippen LogP contribution in [0.4, 0.5) is 0 Å². The zero-order valence-corrected chi connectivity index (χ0v) is 15.7. The molecule has 2 rings (SSSR count). The largest absolute Gasteiger partial charge is 0.481 e. The average molecular weight is 359 g/mol. The SMILES string of the molecule is CC/C(=N\NC(=O)C(C)Oc1ccc(Cl)cc1C)c1ccc(C)cc1. The maximum atomic E-state index is 12.3. The fourth-order valence-corrected chi connectivity index (χ4v) is 2.52. The standard InChI is InChI=1S/C20H23ClN2O2/c1-5-18(16-8-6-13(2)7-9-16)22-23-20(24)15(4)25-19-11-10-17(21)12-14(19)3/h6-12,15H,5H2,1-4H3,(H,23,24)/b22-18+. The van der Waals surface area contributed by atoms with Gasteiger partial charge < -0.3 is 4.74 Å². The van der Waals surface area contributed by atoms with E-state index in [4.69, 9.17) is 16.3 Å². The molecule has 0 aliphatic rings. The minimum atomic E-state index is -0.667. The summed E-state index contributed by atoms with van der Waals surface area (Å²) in [7, 11) is 0. The molecule has 5 heteroatoms. The lowest BCUT2D eigenvalue weighted by molar-refractivity contribution is -0.127. The predicted molar refractivity (Wildman–Crippen MR) is 102 cm³/mol. The number of hydrazone groups is 1. The van der Waals surface area contributed by atoms with E-state index in [1.54, 1.807) is 25.1 Å². The Labute approximate surface area is 153 Å². The van der Waals surface area contributed by atoms with Crippen LogP contribution in [0.15, 0.2) is 47.6 Å². The predicted octanol–water partition coefficient (Wildman–Crippen LogP) is 4.65. The quantitative estimate of drug-likeness (QED) is 0.603. The van der Waals surface area contributed by atoms with Crippen molar-refractivity contribution in [3.63, 3.8) is 0 Å². The maximum absolute atomic E-state index is 12.3. The van der Waals surface area contributed by atoms with Crippen molar-refractivity contribution in [3.05, 3.63) is 64.2 Å². The fraction of sp³-hybridized carbons (Fsp3) is 0.300. The van der Waals surface area contributed by atoms with Crippen molar-refractivity contribution in [1.29, 1.82) is 0 Å². The molecule has 25 heavy (non-hydrogen) atoms. The van der Waals surface area contributed by atoms with Crippen LogP contribution in [0.1, 0.15) is 37.0 Å². The van der Waals surface area contributed by atoms with Crippen LogP contribution in [0.5, 0.6) is 5.75 Å². The molecule has 0 saturated carbocycles. The molecule has 1 unspecified atom stereocenters. The third-order valence-corrected chi connectivity index (χ3v) is 4.07. The third kappa shape index (κ3) is 5.33. The summed E-state index contributed by atoms with van der Waals surface area (Å²) in [6.45, 7) is 7.61. The second kappa shape index (κ2) is 8.67. The summed E-state index contributed by atoms with van der Waals surface area (Å²) in [6.07, 6.45) is 0.0502. The summed E-state index contributed by atoms with van der Waals surface area (Å²) < 4.78 is 5.71. The highest BCUT2D eigenvalue weighted by atomic mass is 35.5. The monoisotopic (exact) mass is 358 g/mol. The zero-order chi connectivity index (χ0) is 18.4. The highest BCUT2D eigenvalue weighted by Crippen LogP contribution is 2.22. The van der Waals surface area contributed by atoms with Gasteiger partial charge in [-0.3, -0.25) is 4.79 Å². The van der Waals surface area contributed by atoms with Crippen molar-refractivity contribution >= 4 is 23.2 Å². The second-order valence-corrected chi connectivity index (χ2v) is 6.36. The van der Waals surface area contributed by atoms with Crippen molar-refractivity contribution in [1.82, 2.24) is 5.43 Å². The van der Waals surface area contributed by atoms with Crippen LogP contribution in [0.2, 0.25) is 5.02 Å². The number of carbonyl (C=O) groups is 1. The molecule has 2 aromatic rings. The van der Waals surface area contributed by atoms with Gasteiger partial charge in [0.15, 0.2) is 6.10 Å². The number of benzene rings is 2. The zero-order valence-electron chi connectivity index (χ0n) is 15.0. The molecule has 0 radical (unpaired) electrons. The molecule has 1 amide bonds. The van der Waals surface area contributed by atoms with Crippen LogP contribution in [0.3, 0.4) is 0 Å². The van der Waals surface area contributed by atoms with Gasteiger partial charge in [-0.2, -0.15) is 5.10 Å². The van der Waals surface area contributed by atoms with Crippen molar-refractivity contribution in [3.8, 4) is 5.75 Å². The normalized spacial score (nSPS) is 12.6. The molecule has 4 nitrogen and oxygen atoms in total. The number of carbonyl (C=O) groups excluding carboxylic acids is 1. The van der Waals surface area contributed by atoms with Gasteiger partial charge in [-0.1, -0.05) is 48.4 Å². The van der Waals surface area contributed by atoms with Gasteiger partial charge in [0, 0.05) is 5.02 Å². The summed E-state index contributed by atoms with van der Waals surface area (Å²) in [5.74, 6) is 0.331. The number of hydrogen-bond donors (Lipinski definition) is 1. The number of aryl methyl sites for hydroxylation is 2. The summed E-state index contributed by atoms with van der Waals surface area (Å²) >= 11 is 5.93. The van der Waals surface area contributed by atoms with Gasteiger partial charge in [0.25, 0.3) is 5.91 Å². The Hall–Kier alpha value is -2.33. The van der Waals surface area contributed by atoms with E-state index in [1.165, 1.54) is 5.56 Å². The molecule has 1 atom stereocenters. The molecule has 0 spiro atoms. The van der Waals surface area contributed by atoms with Gasteiger partial charge in [-0.15, -0.1) is 0 Å². The topological polar surface area (TPSA) is 50.7 Å². The van der Waals surface area contributed by atoms with E-state index < -0.39 is 6.10 Å². The van der Waals surface area contributed by atoms with E-state index >= 15 is 0 Å². The third-order valence-electron chi connectivity index (χ3n) is 3.83. The Morgan fingerprint density at radius 2 is 1.88 bits per heavy atom. The summed E-state index contributed by atoms with van der Waals surface area (Å²) in [5.41, 5.74) is 6.48. The smallest absolute Gasteiger partial charge is 0.280 e. The van der Waals surface area contributed by atoms with E-state index in [-0.39, 0.29) is 5.91 Å². The number of halogens is 1. The van der Waals surface area contributed by atoms with Crippen LogP contribution in [-0.4, -0.2) is 17.7 Å². The van der Waals surface area contributed by atoms with Gasteiger partial charge in [0.05, 0.1) is 5.71 Å². The molecular formula is C20H23ClN2O2. The van der Waals surface area contributed by atoms with Gasteiger partial charge in [-0.05, 0) is 56.5 Å². The highest BCUT2D eigenvalue weighted by molar-refractivity contribution is 6.30. The number of nitrogens with zero attached hydrogens (tertiary/aromatic N) is 1. The lowest BCUT2D eigenvalue weighted by atomic mass is 10.1. The van der Waals surface area contributed by atoms with E-state index in [2.05, 4.69) is 10.5 Å². The molecule has 0 heterocycles. The average Bonchev–Trinajstić information content (AvgIpc) is 2.59. The molecule has 0 bridgehead atoms. The molecule has 0 aliphatic heterocycles. The van der Waals surface area contributed by atoms with Crippen LogP contribution in [-0.2, 0) is 4.79 Å². The summed E-state index contributed by atoms with van der Waals surface area (Å²) in [6, 6.07) is 13.3. The van der Waals surface area contributed by atoms with Crippen LogP contribution >= 0.6 is 11.6 Å². The van der Waals surface area contributed by atoms with Crippen molar-refractivity contribution < 1.29 is 9.53 Å². The minimum absolute atomic E-state index is 0.299. The minimum Gasteiger partial charge on any atom is -0.481 e. The van der Waals surface area contributed by atoms with E-state index in [1.807, 2.05) is 45.0 Å². The molecule has 0 fully saturated rings. The number of nitrogens with one attached hydrogen (secondary N) is 1. The van der Waals surface area contributed by atoms with Crippen molar-refractivity contribution in [2.24, 2.45) is 5.10 Å². The highest BCUT2D eigenvalue weighted by Gasteiger charge is 2.15. The first kappa shape index (κ1) is 19.0. The second-order valence-electron chi connectivity index (χ2n) is 5.92. The van der Waals surface area contributed by atoms with Crippen molar-refractivity contribution in [2.45, 2.75) is 40.2 Å². The maximum Gasteiger partial charge on any atom is 0.280 e. The van der Waals surface area contributed by atoms with E-state index in [0.717, 1.165) is 23.3 Å². The number of hydrogen-bond acceptors (Lipinski definition) is 3. The van der Waals surface area contributed by atoms with Crippen LogP contribution in [0, 0.1) is 13.8 Å². The van der Waals surface area contributed by atoms with Gasteiger partial charge in [0.2, 0.25) is 0 Å². The first-order valence-corrected chi connectivity index (χ1v) is 8.64. The number of rotatable bonds is 6. The van der Waals surface area contributed by atoms with Crippen LogP contribution < -0.4 is 10.2 Å². The van der Waals surface area contributed by atoms with Gasteiger partial charge >= 0.3 is 0 Å². The van der Waals surface area contributed by atoms with E-state index in [0.29, 0.717) is 10.8 Å². The Balaban J connectivity index is 2.03. The lowest BCUT2D eigenvalue weighted by Gasteiger charge is -2.15. The van der Waals surface area contributed by atoms with Crippen molar-refractivity contribution in [2.75, 3.05) is 0 Å². The van der Waals surface area contributed by atoms with Gasteiger partial charge in [0.1, 0.15) is 5.75 Å². The van der Waals surface area contributed by atoms with Gasteiger partial charge in [-0.25, -0.2) is 5.43 Å². The Morgan fingerprint density at radius 3 is 2.48 bits per heavy atom. The molecule has 2 aromatic carbocycles. The Bertz CT molecular complexity index is 770. The Morgan fingerprint density at radius 1 is 1.20 bits per heavy atom. The number of ether oxygens (including phenoxy) is 1. The molecule has 1 N–H and O–H groups in total. The first-order valence-electron chi connectivity index (χ1n) is 8.27. The molecule has 0 aromatic heterocycles. The number of amides is 1. The molecule has 0 aliphatic carbocycles. The fourth-order valence-electron chi connectivity index (χ4n) is 2.30.